The smallest absolute Gasteiger partial charge is 0.306 e. The van der Waals surface area contributed by atoms with Crippen molar-refractivity contribution in [3.63, 3.8) is 0 Å². The lowest BCUT2D eigenvalue weighted by Crippen LogP contribution is -2.23. The van der Waals surface area contributed by atoms with Gasteiger partial charge < -0.3 is 15.2 Å². The summed E-state index contributed by atoms with van der Waals surface area (Å²) >= 11 is 0. The number of carbonyl (C=O) groups is 1. The van der Waals surface area contributed by atoms with Crippen molar-refractivity contribution in [3.8, 4) is 0 Å². The lowest BCUT2D eigenvalue weighted by molar-refractivity contribution is -0.150. The van der Waals surface area contributed by atoms with Crippen molar-refractivity contribution < 1.29 is 14.3 Å². The molecular weight excluding hydrogens is 218 g/mol. The number of hydrogen-bond donors (Lipinski definition) is 1. The third kappa shape index (κ3) is 9.12. The normalized spacial score (nSPS) is 14.7. The zero-order valence-electron chi connectivity index (χ0n) is 11.6. The zero-order chi connectivity index (χ0) is 13.3. The minimum absolute atomic E-state index is 0.0834. The van der Waals surface area contributed by atoms with Crippen molar-refractivity contribution in [1.82, 2.24) is 0 Å². The van der Waals surface area contributed by atoms with E-state index < -0.39 is 0 Å². The van der Waals surface area contributed by atoms with Gasteiger partial charge in [0.15, 0.2) is 0 Å². The molecule has 0 rings (SSSR count). The van der Waals surface area contributed by atoms with Gasteiger partial charge in [0.05, 0.1) is 0 Å². The Morgan fingerprint density at radius 2 is 1.94 bits per heavy atom. The third-order valence-corrected chi connectivity index (χ3v) is 2.65. The number of methoxy groups -OCH3 is 1. The van der Waals surface area contributed by atoms with Crippen LogP contribution in [0.25, 0.3) is 0 Å². The van der Waals surface area contributed by atoms with E-state index in [-0.39, 0.29) is 18.0 Å². The molecule has 2 N–H and O–H groups in total. The van der Waals surface area contributed by atoms with Crippen molar-refractivity contribution >= 4 is 5.97 Å². The van der Waals surface area contributed by atoms with Gasteiger partial charge in [-0.15, -0.1) is 0 Å². The first-order valence-corrected chi connectivity index (χ1v) is 6.38. The van der Waals surface area contributed by atoms with Gasteiger partial charge in [0.1, 0.15) is 6.10 Å². The first-order valence-electron chi connectivity index (χ1n) is 6.38. The van der Waals surface area contributed by atoms with Crippen molar-refractivity contribution in [1.29, 1.82) is 0 Å². The van der Waals surface area contributed by atoms with Crippen molar-refractivity contribution in [2.45, 2.75) is 46.1 Å². The molecule has 0 unspecified atom stereocenters. The van der Waals surface area contributed by atoms with Crippen molar-refractivity contribution in [2.75, 3.05) is 20.3 Å². The van der Waals surface area contributed by atoms with Gasteiger partial charge in [0.25, 0.3) is 0 Å². The molecule has 0 aromatic heterocycles. The van der Waals surface area contributed by atoms with Crippen LogP contribution >= 0.6 is 0 Å². The third-order valence-electron chi connectivity index (χ3n) is 2.65. The van der Waals surface area contributed by atoms with Gasteiger partial charge in [0, 0.05) is 26.6 Å². The van der Waals surface area contributed by atoms with Crippen molar-refractivity contribution in [2.24, 2.45) is 17.6 Å². The highest BCUT2D eigenvalue weighted by atomic mass is 16.5. The van der Waals surface area contributed by atoms with E-state index in [2.05, 4.69) is 13.8 Å². The summed E-state index contributed by atoms with van der Waals surface area (Å²) in [5.74, 6) is 0.643. The Labute approximate surface area is 105 Å². The van der Waals surface area contributed by atoms with Crippen LogP contribution in [0.5, 0.6) is 0 Å². The van der Waals surface area contributed by atoms with Crippen LogP contribution in [0.2, 0.25) is 0 Å². The summed E-state index contributed by atoms with van der Waals surface area (Å²) in [7, 11) is 1.64. The molecule has 0 amide bonds. The monoisotopic (exact) mass is 245 g/mol. The van der Waals surface area contributed by atoms with E-state index in [1.807, 2.05) is 6.92 Å². The molecule has 0 aromatic rings. The molecule has 2 atom stereocenters. The molecule has 4 nitrogen and oxygen atoms in total. The minimum atomic E-state index is -0.148. The summed E-state index contributed by atoms with van der Waals surface area (Å²) in [4.78, 5) is 11.6. The van der Waals surface area contributed by atoms with Crippen LogP contribution in [-0.2, 0) is 14.3 Å². The molecule has 0 radical (unpaired) electrons. The fourth-order valence-electron chi connectivity index (χ4n) is 1.78. The molecule has 0 aliphatic rings. The van der Waals surface area contributed by atoms with Crippen LogP contribution in [0.1, 0.15) is 40.0 Å². The Bertz CT molecular complexity index is 207. The summed E-state index contributed by atoms with van der Waals surface area (Å²) in [5, 5.41) is 0. The van der Waals surface area contributed by atoms with Gasteiger partial charge in [-0.05, 0) is 31.7 Å². The number of nitrogens with two attached hydrogens (primary N) is 1. The van der Waals surface area contributed by atoms with Crippen LogP contribution in [0, 0.1) is 11.8 Å². The predicted octanol–water partition coefficient (Wildman–Crippen LogP) is 1.97. The quantitative estimate of drug-likeness (QED) is 0.631. The topological polar surface area (TPSA) is 61.5 Å². The number of carbonyl (C=O) groups excluding carboxylic acids is 1. The van der Waals surface area contributed by atoms with Gasteiger partial charge in [0.2, 0.25) is 0 Å². The number of ether oxygens (including phenoxy) is 2. The molecule has 0 spiro atoms. The molecule has 0 aliphatic carbocycles. The molecule has 0 saturated carbocycles. The average Bonchev–Trinajstić information content (AvgIpc) is 2.24. The van der Waals surface area contributed by atoms with E-state index in [0.29, 0.717) is 25.5 Å². The summed E-state index contributed by atoms with van der Waals surface area (Å²) in [6.07, 6.45) is 2.05. The summed E-state index contributed by atoms with van der Waals surface area (Å²) in [6, 6.07) is 0. The number of rotatable bonds is 9. The number of hydrogen-bond acceptors (Lipinski definition) is 4. The first-order chi connectivity index (χ1) is 7.99. The fraction of sp³-hybridized carbons (Fsp3) is 0.923. The van der Waals surface area contributed by atoms with Crippen LogP contribution < -0.4 is 5.73 Å². The summed E-state index contributed by atoms with van der Waals surface area (Å²) < 4.78 is 10.2. The molecule has 4 heteroatoms. The maximum atomic E-state index is 11.6. The fourth-order valence-corrected chi connectivity index (χ4v) is 1.78. The van der Waals surface area contributed by atoms with Gasteiger partial charge in [-0.2, -0.15) is 0 Å². The van der Waals surface area contributed by atoms with Crippen molar-refractivity contribution in [3.05, 3.63) is 0 Å². The van der Waals surface area contributed by atoms with Gasteiger partial charge >= 0.3 is 5.97 Å². The lowest BCUT2D eigenvalue weighted by atomic mass is 9.94. The summed E-state index contributed by atoms with van der Waals surface area (Å²) in [5.41, 5.74) is 5.65. The van der Waals surface area contributed by atoms with E-state index in [1.165, 1.54) is 0 Å². The van der Waals surface area contributed by atoms with E-state index in [0.717, 1.165) is 12.8 Å². The second-order valence-electron chi connectivity index (χ2n) is 5.02. The Morgan fingerprint density at radius 1 is 1.29 bits per heavy atom. The molecule has 0 fully saturated rings. The minimum Gasteiger partial charge on any atom is -0.463 e. The Balaban J connectivity index is 3.89. The highest BCUT2D eigenvalue weighted by molar-refractivity contribution is 5.69. The molecular formula is C13H27NO3. The van der Waals surface area contributed by atoms with Crippen LogP contribution in [-0.4, -0.2) is 32.3 Å². The van der Waals surface area contributed by atoms with E-state index >= 15 is 0 Å². The molecule has 0 heterocycles. The maximum absolute atomic E-state index is 11.6. The molecule has 17 heavy (non-hydrogen) atoms. The van der Waals surface area contributed by atoms with E-state index in [9.17, 15) is 4.79 Å². The second kappa shape index (κ2) is 9.42. The SMILES string of the molecule is COCC[C@H](C)OC(=O)C[C@@H](CN)CC(C)C. The van der Waals surface area contributed by atoms with E-state index in [4.69, 9.17) is 15.2 Å². The predicted molar refractivity (Wildman–Crippen MR) is 68.7 cm³/mol. The molecule has 0 bridgehead atoms. The highest BCUT2D eigenvalue weighted by Crippen LogP contribution is 2.15. The largest absolute Gasteiger partial charge is 0.463 e. The molecule has 0 saturated heterocycles. The highest BCUT2D eigenvalue weighted by Gasteiger charge is 2.16. The number of esters is 1. The van der Waals surface area contributed by atoms with Crippen LogP contribution in [0.3, 0.4) is 0 Å². The van der Waals surface area contributed by atoms with E-state index in [1.54, 1.807) is 7.11 Å². The zero-order valence-corrected chi connectivity index (χ0v) is 11.6. The Hall–Kier alpha value is -0.610. The van der Waals surface area contributed by atoms with Gasteiger partial charge in [-0.25, -0.2) is 0 Å². The molecule has 0 aliphatic heterocycles. The van der Waals surface area contributed by atoms with Gasteiger partial charge in [-0.3, -0.25) is 4.79 Å². The van der Waals surface area contributed by atoms with Crippen LogP contribution in [0.4, 0.5) is 0 Å². The lowest BCUT2D eigenvalue weighted by Gasteiger charge is -2.18. The van der Waals surface area contributed by atoms with Gasteiger partial charge in [-0.1, -0.05) is 13.8 Å². The average molecular weight is 245 g/mol. The standard InChI is InChI=1S/C13H27NO3/c1-10(2)7-12(9-14)8-13(15)17-11(3)5-6-16-4/h10-12H,5-9,14H2,1-4H3/t11-,12-/m0/s1. The Morgan fingerprint density at radius 3 is 2.41 bits per heavy atom. The Kier molecular flexibility index (Phi) is 9.09. The maximum Gasteiger partial charge on any atom is 0.306 e. The summed E-state index contributed by atoms with van der Waals surface area (Å²) in [6.45, 7) is 7.31. The molecule has 102 valence electrons. The molecule has 0 aromatic carbocycles. The van der Waals surface area contributed by atoms with Crippen LogP contribution in [0.15, 0.2) is 0 Å². The first kappa shape index (κ1) is 16.4. The second-order valence-corrected chi connectivity index (χ2v) is 5.02.